The summed E-state index contributed by atoms with van der Waals surface area (Å²) in [7, 11) is 0. The average Bonchev–Trinajstić information content (AvgIpc) is 2.04. The minimum Gasteiger partial charge on any atom is -0.478 e. The van der Waals surface area contributed by atoms with Crippen molar-refractivity contribution >= 4 is 57.1 Å². The lowest BCUT2D eigenvalue weighted by molar-refractivity contribution is 0.0697. The van der Waals surface area contributed by atoms with Gasteiger partial charge < -0.3 is 8.64 Å². The molecule has 0 atom stereocenters. The fraction of sp³-hybridized carbons (Fsp3) is 0. The second kappa shape index (κ2) is 4.26. The van der Waals surface area contributed by atoms with Gasteiger partial charge in [-0.05, 0) is 40.8 Å². The van der Waals surface area contributed by atoms with E-state index >= 15 is 0 Å². The molecule has 12 heavy (non-hydrogen) atoms. The molecule has 0 unspecified atom stereocenters. The second-order valence-corrected chi connectivity index (χ2v) is 3.80. The first-order valence-corrected chi connectivity index (χ1v) is 5.20. The van der Waals surface area contributed by atoms with Gasteiger partial charge in [0.05, 0.1) is 34.1 Å². The van der Waals surface area contributed by atoms with Crippen LogP contribution in [0.3, 0.4) is 0 Å². The summed E-state index contributed by atoms with van der Waals surface area (Å²) < 4.78 is 3.84. The van der Waals surface area contributed by atoms with Crippen molar-refractivity contribution in [2.75, 3.05) is 3.53 Å². The summed E-state index contributed by atoms with van der Waals surface area (Å²) in [6.45, 7) is 0. The summed E-state index contributed by atoms with van der Waals surface area (Å²) in [6.07, 6.45) is 0. The highest BCUT2D eigenvalue weighted by Crippen LogP contribution is 2.20. The highest BCUT2D eigenvalue weighted by Gasteiger charge is 2.04. The lowest BCUT2D eigenvalue weighted by Gasteiger charge is -2.02. The van der Waals surface area contributed by atoms with E-state index in [0.717, 1.165) is 9.26 Å². The lowest BCUT2D eigenvalue weighted by Crippen LogP contribution is -1.97. The van der Waals surface area contributed by atoms with Crippen molar-refractivity contribution in [1.29, 1.82) is 0 Å². The maximum absolute atomic E-state index is 10.5. The van der Waals surface area contributed by atoms with Gasteiger partial charge >= 0.3 is 5.97 Å². The number of carbonyl (C=O) groups is 1. The molecule has 0 aliphatic carbocycles. The molecule has 1 aromatic rings. The molecule has 64 valence electrons. The number of carboxylic acid groups (broad SMARTS) is 1. The summed E-state index contributed by atoms with van der Waals surface area (Å²) in [6, 6.07) is 4.95. The zero-order valence-corrected chi connectivity index (χ0v) is 10.2. The first-order chi connectivity index (χ1) is 5.65. The molecule has 5 heteroatoms. The van der Waals surface area contributed by atoms with Crippen LogP contribution in [0, 0.1) is 3.57 Å². The molecular formula is C7H5I2NO2. The number of aromatic carboxylic acids is 1. The van der Waals surface area contributed by atoms with Crippen LogP contribution in [0.4, 0.5) is 5.69 Å². The molecule has 0 aliphatic rings. The van der Waals surface area contributed by atoms with Crippen LogP contribution >= 0.6 is 45.5 Å². The van der Waals surface area contributed by atoms with Crippen LogP contribution in [0.1, 0.15) is 10.4 Å². The Morgan fingerprint density at radius 1 is 1.50 bits per heavy atom. The molecule has 0 heterocycles. The largest absolute Gasteiger partial charge is 0.478 e. The standard InChI is InChI=1S/C7H5I2NO2/c8-5-3-4(7(11)12)1-2-6(5)10-9/h1-3,10H,(H,11,12). The van der Waals surface area contributed by atoms with Gasteiger partial charge in [-0.25, -0.2) is 4.79 Å². The fourth-order valence-corrected chi connectivity index (χ4v) is 2.36. The van der Waals surface area contributed by atoms with Crippen LogP contribution in [0.5, 0.6) is 0 Å². The highest BCUT2D eigenvalue weighted by molar-refractivity contribution is 14.1. The van der Waals surface area contributed by atoms with E-state index in [9.17, 15) is 4.79 Å². The van der Waals surface area contributed by atoms with Gasteiger partial charge in [-0.3, -0.25) is 0 Å². The topological polar surface area (TPSA) is 49.3 Å². The average molecular weight is 389 g/mol. The summed E-state index contributed by atoms with van der Waals surface area (Å²) in [5.74, 6) is -0.895. The van der Waals surface area contributed by atoms with Crippen LogP contribution in [0.25, 0.3) is 0 Å². The molecule has 1 aromatic carbocycles. The van der Waals surface area contributed by atoms with Gasteiger partial charge in [-0.15, -0.1) is 0 Å². The summed E-state index contributed by atoms with van der Waals surface area (Å²) in [4.78, 5) is 10.5. The molecule has 0 amide bonds. The number of halogens is 2. The Morgan fingerprint density at radius 2 is 2.17 bits per heavy atom. The molecule has 0 aliphatic heterocycles. The molecule has 1 rings (SSSR count). The van der Waals surface area contributed by atoms with Gasteiger partial charge in [0.15, 0.2) is 0 Å². The van der Waals surface area contributed by atoms with Crippen molar-refractivity contribution in [3.63, 3.8) is 0 Å². The normalized spacial score (nSPS) is 9.50. The van der Waals surface area contributed by atoms with E-state index in [2.05, 4.69) is 26.1 Å². The van der Waals surface area contributed by atoms with Gasteiger partial charge in [-0.2, -0.15) is 0 Å². The summed E-state index contributed by atoms with van der Waals surface area (Å²) >= 11 is 4.09. The van der Waals surface area contributed by atoms with E-state index in [-0.39, 0.29) is 0 Å². The van der Waals surface area contributed by atoms with Crippen molar-refractivity contribution in [1.82, 2.24) is 0 Å². The Kier molecular flexibility index (Phi) is 3.56. The third kappa shape index (κ3) is 2.22. The van der Waals surface area contributed by atoms with Gasteiger partial charge in [0.2, 0.25) is 0 Å². The Hall–Kier alpha value is -0.0500. The predicted molar refractivity (Wildman–Crippen MR) is 63.8 cm³/mol. The number of carboxylic acids is 1. The van der Waals surface area contributed by atoms with E-state index in [4.69, 9.17) is 5.11 Å². The molecule has 3 nitrogen and oxygen atoms in total. The predicted octanol–water partition coefficient (Wildman–Crippen LogP) is 2.75. The van der Waals surface area contributed by atoms with Crippen LogP contribution in [-0.2, 0) is 0 Å². The zero-order chi connectivity index (χ0) is 9.14. The molecule has 0 saturated heterocycles. The maximum atomic E-state index is 10.5. The number of hydrogen-bond donors (Lipinski definition) is 2. The first kappa shape index (κ1) is 10.0. The van der Waals surface area contributed by atoms with Gasteiger partial charge in [0, 0.05) is 3.57 Å². The molecular weight excluding hydrogens is 384 g/mol. The van der Waals surface area contributed by atoms with Crippen molar-refractivity contribution in [3.8, 4) is 0 Å². The minimum atomic E-state index is -0.895. The third-order valence-corrected chi connectivity index (χ3v) is 2.79. The molecule has 0 fully saturated rings. The lowest BCUT2D eigenvalue weighted by atomic mass is 10.2. The zero-order valence-electron chi connectivity index (χ0n) is 5.84. The van der Waals surface area contributed by atoms with Gasteiger partial charge in [0.1, 0.15) is 0 Å². The van der Waals surface area contributed by atoms with E-state index in [1.165, 1.54) is 0 Å². The molecule has 0 radical (unpaired) electrons. The Labute approximate surface area is 97.2 Å². The summed E-state index contributed by atoms with van der Waals surface area (Å²) in [5.41, 5.74) is 1.25. The van der Waals surface area contributed by atoms with Crippen molar-refractivity contribution in [3.05, 3.63) is 27.3 Å². The SMILES string of the molecule is O=C(O)c1ccc(NI)c(I)c1. The Bertz CT molecular complexity index is 314. The van der Waals surface area contributed by atoms with E-state index in [0.29, 0.717) is 5.56 Å². The van der Waals surface area contributed by atoms with E-state index in [1.54, 1.807) is 18.2 Å². The Morgan fingerprint density at radius 3 is 2.58 bits per heavy atom. The molecule has 0 aromatic heterocycles. The highest BCUT2D eigenvalue weighted by atomic mass is 127. The Balaban J connectivity index is 3.10. The number of benzene rings is 1. The van der Waals surface area contributed by atoms with E-state index in [1.807, 2.05) is 22.9 Å². The monoisotopic (exact) mass is 389 g/mol. The summed E-state index contributed by atoms with van der Waals surface area (Å²) in [5, 5.41) is 8.65. The molecule has 2 N–H and O–H groups in total. The van der Waals surface area contributed by atoms with Crippen molar-refractivity contribution < 1.29 is 9.90 Å². The molecule has 0 bridgehead atoms. The number of anilines is 1. The van der Waals surface area contributed by atoms with Crippen LogP contribution in [0.15, 0.2) is 18.2 Å². The second-order valence-electron chi connectivity index (χ2n) is 2.09. The van der Waals surface area contributed by atoms with Gasteiger partial charge in [-0.1, -0.05) is 0 Å². The van der Waals surface area contributed by atoms with Crippen LogP contribution in [0.2, 0.25) is 0 Å². The third-order valence-electron chi connectivity index (χ3n) is 1.32. The van der Waals surface area contributed by atoms with Gasteiger partial charge in [0.25, 0.3) is 0 Å². The van der Waals surface area contributed by atoms with Crippen LogP contribution < -0.4 is 3.53 Å². The smallest absolute Gasteiger partial charge is 0.335 e. The van der Waals surface area contributed by atoms with Crippen molar-refractivity contribution in [2.45, 2.75) is 0 Å². The van der Waals surface area contributed by atoms with Crippen LogP contribution in [-0.4, -0.2) is 11.1 Å². The van der Waals surface area contributed by atoms with E-state index < -0.39 is 5.97 Å². The fourth-order valence-electron chi connectivity index (χ4n) is 0.725. The molecule has 0 spiro atoms. The number of hydrogen-bond acceptors (Lipinski definition) is 2. The van der Waals surface area contributed by atoms with Crippen molar-refractivity contribution in [2.24, 2.45) is 0 Å². The number of rotatable bonds is 2. The molecule has 0 saturated carbocycles. The number of nitrogens with one attached hydrogen (secondary N) is 1. The minimum absolute atomic E-state index is 0.315. The quantitative estimate of drug-likeness (QED) is 0.605. The maximum Gasteiger partial charge on any atom is 0.335 e. The first-order valence-electron chi connectivity index (χ1n) is 3.04.